The Kier molecular flexibility index (Phi) is 3.43. The monoisotopic (exact) mass is 299 g/mol. The third-order valence-electron chi connectivity index (χ3n) is 4.49. The van der Waals surface area contributed by atoms with E-state index in [1.54, 1.807) is 0 Å². The number of hydrogen-bond acceptors (Lipinski definition) is 4. The normalized spacial score (nSPS) is 17.5. The summed E-state index contributed by atoms with van der Waals surface area (Å²) in [5.74, 6) is -1.91. The molecule has 0 saturated heterocycles. The van der Waals surface area contributed by atoms with Crippen LogP contribution in [0.15, 0.2) is 12.1 Å². The van der Waals surface area contributed by atoms with Crippen molar-refractivity contribution in [3.63, 3.8) is 0 Å². The number of hydrogen-bond donors (Lipinski definition) is 0. The summed E-state index contributed by atoms with van der Waals surface area (Å²) < 4.78 is 0. The summed E-state index contributed by atoms with van der Waals surface area (Å²) in [4.78, 5) is 49.9. The molecule has 0 N–H and O–H groups in total. The first kappa shape index (κ1) is 14.6. The molecule has 1 heterocycles. The van der Waals surface area contributed by atoms with Gasteiger partial charge in [0.15, 0.2) is 11.6 Å². The van der Waals surface area contributed by atoms with E-state index in [0.29, 0.717) is 17.5 Å². The smallest absolute Gasteiger partial charge is 0.261 e. The molecule has 0 radical (unpaired) electrons. The fourth-order valence-electron chi connectivity index (χ4n) is 3.17. The number of unbranched alkanes of at least 4 members (excludes halogenated alkanes) is 2. The molecule has 1 aliphatic carbocycles. The average molecular weight is 299 g/mol. The third kappa shape index (κ3) is 1.92. The van der Waals surface area contributed by atoms with Crippen molar-refractivity contribution in [2.24, 2.45) is 5.92 Å². The van der Waals surface area contributed by atoms with Crippen molar-refractivity contribution >= 4 is 23.4 Å². The van der Waals surface area contributed by atoms with Gasteiger partial charge in [0, 0.05) is 18.2 Å². The molecule has 0 spiro atoms. The van der Waals surface area contributed by atoms with Crippen LogP contribution in [0.25, 0.3) is 0 Å². The standard InChI is InChI=1S/C17H17NO4/c1-3-4-5-6-9-14(19)10-7-12-13(8-11(10)15(9)20)17(22)18(2)16(12)21/h7-9H,3-6H2,1-2H3. The molecule has 22 heavy (non-hydrogen) atoms. The molecule has 1 aromatic rings. The molecule has 0 aromatic heterocycles. The number of Topliss-reactive ketones (excluding diaryl/α,β-unsaturated/α-hetero) is 2. The van der Waals surface area contributed by atoms with Gasteiger partial charge in [0.05, 0.1) is 17.0 Å². The highest BCUT2D eigenvalue weighted by atomic mass is 16.2. The molecular formula is C17H17NO4. The number of amides is 2. The van der Waals surface area contributed by atoms with Crippen molar-refractivity contribution in [1.82, 2.24) is 4.90 Å². The Morgan fingerprint density at radius 1 is 0.864 bits per heavy atom. The maximum absolute atomic E-state index is 12.4. The Balaban J connectivity index is 1.98. The first-order valence-electron chi connectivity index (χ1n) is 7.56. The van der Waals surface area contributed by atoms with E-state index in [-0.39, 0.29) is 22.7 Å². The lowest BCUT2D eigenvalue weighted by molar-refractivity contribution is 0.0692. The number of carbonyl (C=O) groups excluding carboxylic acids is 4. The maximum Gasteiger partial charge on any atom is 0.261 e. The van der Waals surface area contributed by atoms with Gasteiger partial charge in [0.1, 0.15) is 0 Å². The third-order valence-corrected chi connectivity index (χ3v) is 4.49. The Labute approximate surface area is 128 Å². The zero-order valence-electron chi connectivity index (χ0n) is 12.6. The first-order valence-corrected chi connectivity index (χ1v) is 7.56. The van der Waals surface area contributed by atoms with Gasteiger partial charge in [0.2, 0.25) is 0 Å². The van der Waals surface area contributed by atoms with Crippen LogP contribution >= 0.6 is 0 Å². The summed E-state index contributed by atoms with van der Waals surface area (Å²) in [6.45, 7) is 2.06. The summed E-state index contributed by atoms with van der Waals surface area (Å²) in [6, 6.07) is 2.85. The number of ketones is 2. The molecule has 0 atom stereocenters. The maximum atomic E-state index is 12.4. The first-order chi connectivity index (χ1) is 10.5. The van der Waals surface area contributed by atoms with Gasteiger partial charge in [-0.2, -0.15) is 0 Å². The predicted molar refractivity (Wildman–Crippen MR) is 79.2 cm³/mol. The molecule has 3 rings (SSSR count). The minimum Gasteiger partial charge on any atom is -0.293 e. The number of benzene rings is 1. The van der Waals surface area contributed by atoms with Crippen molar-refractivity contribution in [2.75, 3.05) is 7.05 Å². The van der Waals surface area contributed by atoms with Crippen molar-refractivity contribution in [3.05, 3.63) is 34.4 Å². The van der Waals surface area contributed by atoms with E-state index in [9.17, 15) is 19.2 Å². The minimum absolute atomic E-state index is 0.214. The highest BCUT2D eigenvalue weighted by Crippen LogP contribution is 2.34. The van der Waals surface area contributed by atoms with Crippen molar-refractivity contribution < 1.29 is 19.2 Å². The SMILES string of the molecule is CCCCCC1C(=O)c2cc3c(cc2C1=O)C(=O)N(C)C3=O. The molecule has 0 fully saturated rings. The fraction of sp³-hybridized carbons (Fsp3) is 0.412. The van der Waals surface area contributed by atoms with E-state index in [0.717, 1.165) is 24.2 Å². The van der Waals surface area contributed by atoms with Gasteiger partial charge < -0.3 is 0 Å². The van der Waals surface area contributed by atoms with Crippen LogP contribution < -0.4 is 0 Å². The second-order valence-corrected chi connectivity index (χ2v) is 5.89. The van der Waals surface area contributed by atoms with Crippen LogP contribution in [0.5, 0.6) is 0 Å². The molecule has 1 aromatic carbocycles. The lowest BCUT2D eigenvalue weighted by Gasteiger charge is -2.05. The summed E-state index contributed by atoms with van der Waals surface area (Å²) in [6.07, 6.45) is 3.36. The number of carbonyl (C=O) groups is 4. The molecule has 0 saturated carbocycles. The van der Waals surface area contributed by atoms with Crippen LogP contribution in [0.2, 0.25) is 0 Å². The topological polar surface area (TPSA) is 71.5 Å². The van der Waals surface area contributed by atoms with Gasteiger partial charge in [-0.3, -0.25) is 24.1 Å². The van der Waals surface area contributed by atoms with Crippen LogP contribution in [0.1, 0.15) is 74.0 Å². The number of rotatable bonds is 4. The Morgan fingerprint density at radius 2 is 1.36 bits per heavy atom. The lowest BCUT2D eigenvalue weighted by Crippen LogP contribution is -2.24. The van der Waals surface area contributed by atoms with Gasteiger partial charge in [-0.05, 0) is 18.6 Å². The number of imide groups is 1. The van der Waals surface area contributed by atoms with Crippen LogP contribution in [0.4, 0.5) is 0 Å². The van der Waals surface area contributed by atoms with Crippen molar-refractivity contribution in [2.45, 2.75) is 32.6 Å². The second-order valence-electron chi connectivity index (χ2n) is 5.89. The summed E-state index contributed by atoms with van der Waals surface area (Å²) in [5.41, 5.74) is 1.03. The van der Waals surface area contributed by atoms with Gasteiger partial charge in [0.25, 0.3) is 11.8 Å². The molecule has 0 bridgehead atoms. The zero-order valence-corrected chi connectivity index (χ0v) is 12.6. The van der Waals surface area contributed by atoms with Gasteiger partial charge in [-0.15, -0.1) is 0 Å². The molecule has 114 valence electrons. The quantitative estimate of drug-likeness (QED) is 0.486. The van der Waals surface area contributed by atoms with E-state index in [4.69, 9.17) is 0 Å². The predicted octanol–water partition coefficient (Wildman–Crippen LogP) is 2.49. The highest BCUT2D eigenvalue weighted by molar-refractivity contribution is 6.29. The van der Waals surface area contributed by atoms with Gasteiger partial charge in [-0.1, -0.05) is 26.2 Å². The van der Waals surface area contributed by atoms with E-state index >= 15 is 0 Å². The summed E-state index contributed by atoms with van der Waals surface area (Å²) in [5, 5.41) is 0. The fourth-order valence-corrected chi connectivity index (χ4v) is 3.17. The van der Waals surface area contributed by atoms with Crippen molar-refractivity contribution in [1.29, 1.82) is 0 Å². The molecular weight excluding hydrogens is 282 g/mol. The Morgan fingerprint density at radius 3 is 1.82 bits per heavy atom. The molecule has 0 unspecified atom stereocenters. The Bertz CT molecular complexity index is 665. The highest BCUT2D eigenvalue weighted by Gasteiger charge is 2.42. The second kappa shape index (κ2) is 5.16. The number of fused-ring (bicyclic) bond motifs is 2. The zero-order chi connectivity index (χ0) is 16.0. The summed E-state index contributed by atoms with van der Waals surface area (Å²) >= 11 is 0. The molecule has 5 nitrogen and oxygen atoms in total. The van der Waals surface area contributed by atoms with E-state index in [1.165, 1.54) is 19.2 Å². The minimum atomic E-state index is -0.646. The van der Waals surface area contributed by atoms with E-state index in [1.807, 2.05) is 0 Å². The molecule has 1 aliphatic heterocycles. The van der Waals surface area contributed by atoms with Gasteiger partial charge in [-0.25, -0.2) is 0 Å². The largest absolute Gasteiger partial charge is 0.293 e. The summed E-state index contributed by atoms with van der Waals surface area (Å²) in [7, 11) is 1.40. The van der Waals surface area contributed by atoms with E-state index < -0.39 is 17.7 Å². The molecule has 2 amide bonds. The Hall–Kier alpha value is -2.30. The molecule has 2 aliphatic rings. The lowest BCUT2D eigenvalue weighted by atomic mass is 9.96. The van der Waals surface area contributed by atoms with Crippen molar-refractivity contribution in [3.8, 4) is 0 Å². The van der Waals surface area contributed by atoms with Crippen LogP contribution in [0.3, 0.4) is 0 Å². The average Bonchev–Trinajstić information content (AvgIpc) is 2.87. The number of nitrogens with zero attached hydrogens (tertiary/aromatic N) is 1. The van der Waals surface area contributed by atoms with Crippen LogP contribution in [-0.4, -0.2) is 35.3 Å². The van der Waals surface area contributed by atoms with Crippen LogP contribution in [-0.2, 0) is 0 Å². The molecule has 5 heteroatoms. The van der Waals surface area contributed by atoms with Crippen LogP contribution in [0, 0.1) is 5.92 Å². The van der Waals surface area contributed by atoms with Gasteiger partial charge >= 0.3 is 0 Å². The van der Waals surface area contributed by atoms with E-state index in [2.05, 4.69) is 6.92 Å².